The van der Waals surface area contributed by atoms with Crippen LogP contribution in [0.4, 0.5) is 10.5 Å². The number of anilines is 1. The molecule has 2 heterocycles. The number of benzene rings is 1. The van der Waals surface area contributed by atoms with Gasteiger partial charge in [-0.1, -0.05) is 13.0 Å². The Morgan fingerprint density at radius 1 is 1.46 bits per heavy atom. The number of urea groups is 1. The van der Waals surface area contributed by atoms with Crippen molar-refractivity contribution in [2.75, 3.05) is 11.9 Å². The van der Waals surface area contributed by atoms with E-state index in [0.29, 0.717) is 17.8 Å². The third kappa shape index (κ3) is 3.26. The van der Waals surface area contributed by atoms with Gasteiger partial charge in [-0.05, 0) is 37.5 Å². The number of hydrogen-bond donors (Lipinski definition) is 3. The quantitative estimate of drug-likeness (QED) is 0.797. The highest BCUT2D eigenvalue weighted by atomic mass is 32.1. The van der Waals surface area contributed by atoms with Crippen molar-refractivity contribution in [1.82, 2.24) is 15.6 Å². The summed E-state index contributed by atoms with van der Waals surface area (Å²) in [6.45, 7) is 4.61. The lowest BCUT2D eigenvalue weighted by Crippen LogP contribution is -2.45. The molecule has 1 aromatic carbocycles. The number of hydrogen-bond acceptors (Lipinski definition) is 4. The van der Waals surface area contributed by atoms with E-state index in [9.17, 15) is 9.59 Å². The van der Waals surface area contributed by atoms with Crippen molar-refractivity contribution in [2.24, 2.45) is 0 Å². The first-order valence-corrected chi connectivity index (χ1v) is 8.80. The number of thiazole rings is 1. The zero-order valence-electron chi connectivity index (χ0n) is 13.7. The Hall–Kier alpha value is -2.41. The van der Waals surface area contributed by atoms with Crippen LogP contribution in [0.1, 0.15) is 41.2 Å². The van der Waals surface area contributed by atoms with Gasteiger partial charge in [0.25, 0.3) is 5.91 Å². The number of nitrogens with zero attached hydrogens (tertiary/aromatic N) is 1. The zero-order chi connectivity index (χ0) is 17.2. The average Bonchev–Trinajstić information content (AvgIpc) is 3.10. The summed E-state index contributed by atoms with van der Waals surface area (Å²) in [6, 6.07) is 5.12. The molecule has 3 rings (SSSR count). The summed E-state index contributed by atoms with van der Waals surface area (Å²) in [5.74, 6) is -0.0958. The first-order chi connectivity index (χ1) is 11.5. The summed E-state index contributed by atoms with van der Waals surface area (Å²) >= 11 is 1.52. The van der Waals surface area contributed by atoms with Crippen LogP contribution < -0.4 is 16.0 Å². The van der Waals surface area contributed by atoms with Crippen LogP contribution in [0.5, 0.6) is 0 Å². The van der Waals surface area contributed by atoms with E-state index in [1.807, 2.05) is 31.4 Å². The fraction of sp³-hybridized carbons (Fsp3) is 0.353. The molecule has 0 radical (unpaired) electrons. The van der Waals surface area contributed by atoms with Gasteiger partial charge in [-0.25, -0.2) is 9.78 Å². The second kappa shape index (κ2) is 6.60. The third-order valence-corrected chi connectivity index (χ3v) is 5.33. The second-order valence-corrected chi connectivity index (χ2v) is 6.87. The summed E-state index contributed by atoms with van der Waals surface area (Å²) < 4.78 is 0. The molecule has 0 fully saturated rings. The lowest BCUT2D eigenvalue weighted by atomic mass is 9.99. The number of aromatic nitrogens is 1. The van der Waals surface area contributed by atoms with Crippen LogP contribution in [0.3, 0.4) is 0 Å². The van der Waals surface area contributed by atoms with E-state index < -0.39 is 5.54 Å². The first-order valence-electron chi connectivity index (χ1n) is 7.92. The number of amides is 3. The molecule has 3 N–H and O–H groups in total. The molecule has 6 nitrogen and oxygen atoms in total. The van der Waals surface area contributed by atoms with Gasteiger partial charge >= 0.3 is 6.03 Å². The summed E-state index contributed by atoms with van der Waals surface area (Å²) in [6.07, 6.45) is 3.27. The van der Waals surface area contributed by atoms with E-state index in [0.717, 1.165) is 23.4 Å². The van der Waals surface area contributed by atoms with Crippen LogP contribution in [0.2, 0.25) is 0 Å². The molecule has 126 valence electrons. The molecule has 2 aromatic rings. The highest BCUT2D eigenvalue weighted by Gasteiger charge is 2.29. The molecule has 0 spiro atoms. The van der Waals surface area contributed by atoms with Crippen LogP contribution >= 0.6 is 11.3 Å². The van der Waals surface area contributed by atoms with Gasteiger partial charge in [0.1, 0.15) is 5.01 Å². The highest BCUT2D eigenvalue weighted by molar-refractivity contribution is 7.09. The topological polar surface area (TPSA) is 83.1 Å². The Morgan fingerprint density at radius 3 is 3.00 bits per heavy atom. The van der Waals surface area contributed by atoms with Gasteiger partial charge in [0.2, 0.25) is 0 Å². The number of fused-ring (bicyclic) bond motifs is 1. The Balaban J connectivity index is 1.73. The Labute approximate surface area is 144 Å². The van der Waals surface area contributed by atoms with Crippen LogP contribution in [0, 0.1) is 0 Å². The van der Waals surface area contributed by atoms with E-state index in [4.69, 9.17) is 0 Å². The van der Waals surface area contributed by atoms with Crippen molar-refractivity contribution in [1.29, 1.82) is 0 Å². The summed E-state index contributed by atoms with van der Waals surface area (Å²) in [5.41, 5.74) is 1.70. The normalized spacial score (nSPS) is 15.8. The molecule has 3 amide bonds. The van der Waals surface area contributed by atoms with Gasteiger partial charge in [-0.3, -0.25) is 4.79 Å². The van der Waals surface area contributed by atoms with Gasteiger partial charge in [-0.15, -0.1) is 11.3 Å². The minimum Gasteiger partial charge on any atom is -0.352 e. The molecular weight excluding hydrogens is 324 g/mol. The lowest BCUT2D eigenvalue weighted by molar-refractivity contribution is 0.0946. The summed E-state index contributed by atoms with van der Waals surface area (Å²) in [5, 5.41) is 11.4. The lowest BCUT2D eigenvalue weighted by Gasteiger charge is -2.27. The summed E-state index contributed by atoms with van der Waals surface area (Å²) in [4.78, 5) is 28.6. The Kier molecular flexibility index (Phi) is 4.53. The zero-order valence-corrected chi connectivity index (χ0v) is 14.5. The molecule has 24 heavy (non-hydrogen) atoms. The van der Waals surface area contributed by atoms with Gasteiger partial charge < -0.3 is 16.0 Å². The van der Waals surface area contributed by atoms with Crippen LogP contribution in [0.25, 0.3) is 0 Å². The van der Waals surface area contributed by atoms with Gasteiger partial charge in [0, 0.05) is 29.4 Å². The molecule has 0 saturated carbocycles. The molecule has 1 aromatic heterocycles. The largest absolute Gasteiger partial charge is 0.352 e. The smallest absolute Gasteiger partial charge is 0.320 e. The van der Waals surface area contributed by atoms with E-state index >= 15 is 0 Å². The summed E-state index contributed by atoms with van der Waals surface area (Å²) in [7, 11) is 0. The van der Waals surface area contributed by atoms with Crippen molar-refractivity contribution >= 4 is 29.0 Å². The number of nitrogens with one attached hydrogen (secondary N) is 3. The molecule has 1 atom stereocenters. The van der Waals surface area contributed by atoms with Crippen LogP contribution in [0.15, 0.2) is 29.8 Å². The van der Waals surface area contributed by atoms with Crippen LogP contribution in [-0.2, 0) is 12.0 Å². The molecule has 0 bridgehead atoms. The first kappa shape index (κ1) is 16.4. The van der Waals surface area contributed by atoms with E-state index in [1.165, 1.54) is 11.3 Å². The van der Waals surface area contributed by atoms with Crippen molar-refractivity contribution in [3.8, 4) is 0 Å². The maximum Gasteiger partial charge on any atom is 0.320 e. The maximum absolute atomic E-state index is 12.4. The van der Waals surface area contributed by atoms with E-state index in [-0.39, 0.29) is 11.9 Å². The SMILES string of the molecule is CC[C@@](C)(NC(=O)Nc1ccc2c(c1)C(=O)NCC2)c1nccs1. The predicted molar refractivity (Wildman–Crippen MR) is 94.4 cm³/mol. The van der Waals surface area contributed by atoms with E-state index in [1.54, 1.807) is 12.3 Å². The van der Waals surface area contributed by atoms with Gasteiger partial charge in [-0.2, -0.15) is 0 Å². The van der Waals surface area contributed by atoms with Gasteiger partial charge in [0.05, 0.1) is 5.54 Å². The molecule has 0 aliphatic carbocycles. The van der Waals surface area contributed by atoms with Crippen molar-refractivity contribution < 1.29 is 9.59 Å². The Bertz CT molecular complexity index is 760. The predicted octanol–water partition coefficient (Wildman–Crippen LogP) is 2.88. The fourth-order valence-electron chi connectivity index (χ4n) is 2.69. The molecule has 1 aliphatic rings. The van der Waals surface area contributed by atoms with Crippen molar-refractivity contribution in [2.45, 2.75) is 32.2 Å². The standard InChI is InChI=1S/C17H20N4O2S/c1-3-17(2,15-19-8-9-24-15)21-16(23)20-12-5-4-11-6-7-18-14(22)13(11)10-12/h4-5,8-10H,3,6-7H2,1-2H3,(H,18,22)(H2,20,21,23)/t17-/m1/s1. The number of carbonyl (C=O) groups excluding carboxylic acids is 2. The number of carbonyl (C=O) groups is 2. The minimum atomic E-state index is -0.524. The molecule has 0 saturated heterocycles. The highest BCUT2D eigenvalue weighted by Crippen LogP contribution is 2.26. The fourth-order valence-corrected chi connectivity index (χ4v) is 3.52. The number of rotatable bonds is 4. The monoisotopic (exact) mass is 344 g/mol. The molecule has 1 aliphatic heterocycles. The molecule has 0 unspecified atom stereocenters. The second-order valence-electron chi connectivity index (χ2n) is 5.98. The van der Waals surface area contributed by atoms with Crippen LogP contribution in [-0.4, -0.2) is 23.5 Å². The van der Waals surface area contributed by atoms with Crippen molar-refractivity contribution in [3.05, 3.63) is 45.9 Å². The third-order valence-electron chi connectivity index (χ3n) is 4.29. The van der Waals surface area contributed by atoms with E-state index in [2.05, 4.69) is 20.9 Å². The molecular formula is C17H20N4O2S. The maximum atomic E-state index is 12.4. The minimum absolute atomic E-state index is 0.0958. The van der Waals surface area contributed by atoms with Crippen molar-refractivity contribution in [3.63, 3.8) is 0 Å². The Morgan fingerprint density at radius 2 is 2.29 bits per heavy atom. The average molecular weight is 344 g/mol. The molecule has 7 heteroatoms. The van der Waals surface area contributed by atoms with Gasteiger partial charge in [0.15, 0.2) is 0 Å².